The number of carbonyl (C=O) groups is 6. The van der Waals surface area contributed by atoms with Crippen molar-refractivity contribution in [2.45, 2.75) is 40.0 Å². The molecule has 0 aromatic rings. The van der Waals surface area contributed by atoms with Gasteiger partial charge in [-0.1, -0.05) is 92.6 Å². The summed E-state index contributed by atoms with van der Waals surface area (Å²) in [5.74, 6) is -3.56. The molecule has 221 valence electrons. The van der Waals surface area contributed by atoms with E-state index >= 15 is 0 Å². The summed E-state index contributed by atoms with van der Waals surface area (Å²) in [6.45, 7) is 21.6. The van der Waals surface area contributed by atoms with E-state index in [4.69, 9.17) is 14.4 Å². The number of carboxylic acids is 3. The van der Waals surface area contributed by atoms with E-state index < -0.39 is 17.9 Å². The van der Waals surface area contributed by atoms with E-state index in [0.29, 0.717) is 19.3 Å². The molecule has 9 nitrogen and oxygen atoms in total. The summed E-state index contributed by atoms with van der Waals surface area (Å²) in [5, 5.41) is 30.3. The zero-order chi connectivity index (χ0) is 32.1. The molecule has 1 radical (unpaired) electrons. The largest absolute Gasteiger partial charge is 3.00 e. The Morgan fingerprint density at radius 2 is 0.650 bits per heavy atom. The van der Waals surface area contributed by atoms with Crippen LogP contribution in [0.1, 0.15) is 40.0 Å². The van der Waals surface area contributed by atoms with E-state index in [0.717, 1.165) is 0 Å². The minimum atomic E-state index is -1.19. The molecule has 0 aromatic carbocycles. The molecule has 40 heavy (non-hydrogen) atoms. The fraction of sp³-hybridized carbons (Fsp3) is 0.200. The second kappa shape index (κ2) is 47.8. The second-order valence-electron chi connectivity index (χ2n) is 6.15. The second-order valence-corrected chi connectivity index (χ2v) is 6.15. The number of allylic oxidation sites excluding steroid dienone is 12. The van der Waals surface area contributed by atoms with Crippen molar-refractivity contribution in [2.75, 3.05) is 0 Å². The van der Waals surface area contributed by atoms with Crippen molar-refractivity contribution in [3.8, 4) is 0 Å². The van der Waals surface area contributed by atoms with Crippen LogP contribution in [0, 0.1) is 0 Å². The fourth-order valence-electron chi connectivity index (χ4n) is 1.45. The Labute approximate surface area is 248 Å². The SMILES string of the molecule is C=C(CC=CC=CC)C(=O)[O-].C=C(CC=CC=CC)C(=O)[O-].C=C(CC=CC=CC)C(=O)[O-].C=O.C=O.C=O.[Fe+3]. The van der Waals surface area contributed by atoms with Crippen LogP contribution in [0.2, 0.25) is 0 Å². The van der Waals surface area contributed by atoms with Gasteiger partial charge in [-0.3, -0.25) is 0 Å². The molecular formula is C30H39FeO9. The zero-order valence-corrected chi connectivity index (χ0v) is 24.4. The summed E-state index contributed by atoms with van der Waals surface area (Å²) < 4.78 is 0. The Kier molecular flexibility index (Phi) is 62.2. The van der Waals surface area contributed by atoms with E-state index in [2.05, 4.69) is 19.7 Å². The van der Waals surface area contributed by atoms with E-state index in [1.54, 1.807) is 36.5 Å². The Morgan fingerprint density at radius 3 is 0.775 bits per heavy atom. The van der Waals surface area contributed by atoms with Gasteiger partial charge >= 0.3 is 17.1 Å². The van der Waals surface area contributed by atoms with Crippen molar-refractivity contribution < 1.29 is 61.2 Å². The summed E-state index contributed by atoms with van der Waals surface area (Å²) >= 11 is 0. The van der Waals surface area contributed by atoms with Crippen molar-refractivity contribution >= 4 is 38.3 Å². The fourth-order valence-corrected chi connectivity index (χ4v) is 1.45. The third kappa shape index (κ3) is 54.5. The number of hydrogen-bond acceptors (Lipinski definition) is 9. The van der Waals surface area contributed by atoms with Gasteiger partial charge in [-0.15, -0.1) is 0 Å². The van der Waals surface area contributed by atoms with Gasteiger partial charge in [-0.2, -0.15) is 0 Å². The monoisotopic (exact) mass is 599 g/mol. The molecular weight excluding hydrogens is 560 g/mol. The minimum absolute atomic E-state index is 0. The molecule has 0 bridgehead atoms. The molecule has 0 atom stereocenters. The van der Waals surface area contributed by atoms with Crippen LogP contribution in [0.15, 0.2) is 109 Å². The van der Waals surface area contributed by atoms with E-state index in [-0.39, 0.29) is 33.8 Å². The molecule has 10 heteroatoms. The molecule has 0 aliphatic heterocycles. The first-order valence-corrected chi connectivity index (χ1v) is 10.9. The number of aliphatic carboxylic acids is 3. The summed E-state index contributed by atoms with van der Waals surface area (Å²) in [4.78, 5) is 54.3. The topological polar surface area (TPSA) is 172 Å². The van der Waals surface area contributed by atoms with Crippen LogP contribution in [0.3, 0.4) is 0 Å². The molecule has 0 aromatic heterocycles. The van der Waals surface area contributed by atoms with Crippen molar-refractivity contribution in [1.29, 1.82) is 0 Å². The number of hydrogen-bond donors (Lipinski definition) is 0. The van der Waals surface area contributed by atoms with Gasteiger partial charge < -0.3 is 44.1 Å². The quantitative estimate of drug-likeness (QED) is 0.185. The van der Waals surface area contributed by atoms with Crippen LogP contribution < -0.4 is 15.3 Å². The molecule has 0 unspecified atom stereocenters. The maximum absolute atomic E-state index is 10.1. The molecule has 0 heterocycles. The van der Waals surface area contributed by atoms with Crippen LogP contribution in [-0.2, 0) is 45.8 Å². The summed E-state index contributed by atoms with van der Waals surface area (Å²) in [6.07, 6.45) is 22.5. The maximum Gasteiger partial charge on any atom is 3.00 e. The molecule has 0 aliphatic rings. The Morgan fingerprint density at radius 1 is 0.475 bits per heavy atom. The van der Waals surface area contributed by atoms with Gasteiger partial charge in [0.1, 0.15) is 20.4 Å². The summed E-state index contributed by atoms with van der Waals surface area (Å²) in [7, 11) is 0. The minimum Gasteiger partial charge on any atom is -0.545 e. The molecule has 0 fully saturated rings. The third-order valence-electron chi connectivity index (χ3n) is 3.28. The van der Waals surface area contributed by atoms with Crippen molar-refractivity contribution in [2.24, 2.45) is 0 Å². The van der Waals surface area contributed by atoms with Crippen LogP contribution >= 0.6 is 0 Å². The standard InChI is InChI=1S/3C9H12O2.3CH2O.Fe/c3*1-3-4-5-6-7-8(2)9(10)11;3*1-2;/h3*3-6H,2,7H2,1H3,(H,10,11);3*1H2;/q;;;;;;+3/p-3. The molecule has 0 rings (SSSR count). The number of carboxylic acid groups (broad SMARTS) is 3. The average Bonchev–Trinajstić information content (AvgIpc) is 2.95. The molecule has 0 amide bonds. The molecule has 0 saturated carbocycles. The smallest absolute Gasteiger partial charge is 0.545 e. The van der Waals surface area contributed by atoms with Gasteiger partial charge in [0.2, 0.25) is 0 Å². The van der Waals surface area contributed by atoms with Crippen LogP contribution in [0.5, 0.6) is 0 Å². The maximum atomic E-state index is 10.1. The van der Waals surface area contributed by atoms with E-state index in [9.17, 15) is 29.7 Å². The average molecular weight is 599 g/mol. The third-order valence-corrected chi connectivity index (χ3v) is 3.28. The van der Waals surface area contributed by atoms with Crippen LogP contribution in [0.4, 0.5) is 0 Å². The van der Waals surface area contributed by atoms with Gasteiger partial charge in [0.15, 0.2) is 0 Å². The Bertz CT molecular complexity index is 763. The predicted molar refractivity (Wildman–Crippen MR) is 150 cm³/mol. The van der Waals surface area contributed by atoms with Crippen molar-refractivity contribution in [3.63, 3.8) is 0 Å². The van der Waals surface area contributed by atoms with Gasteiger partial charge in [-0.25, -0.2) is 0 Å². The van der Waals surface area contributed by atoms with Crippen LogP contribution in [-0.4, -0.2) is 38.3 Å². The molecule has 0 aliphatic carbocycles. The first kappa shape index (κ1) is 52.1. The predicted octanol–water partition coefficient (Wildman–Crippen LogP) is 1.89. The van der Waals surface area contributed by atoms with Crippen LogP contribution in [0.25, 0.3) is 0 Å². The van der Waals surface area contributed by atoms with Gasteiger partial charge in [0.25, 0.3) is 0 Å². The number of rotatable bonds is 12. The molecule has 0 N–H and O–H groups in total. The Hall–Kier alpha value is -4.40. The number of carbonyl (C=O) groups excluding carboxylic acids is 6. The molecule has 0 spiro atoms. The summed E-state index contributed by atoms with van der Waals surface area (Å²) in [5.41, 5.74) is 0.308. The van der Waals surface area contributed by atoms with Gasteiger partial charge in [-0.05, 0) is 56.8 Å². The van der Waals surface area contributed by atoms with Gasteiger partial charge in [0, 0.05) is 0 Å². The normalized spacial score (nSPS) is 9.38. The zero-order valence-electron chi connectivity index (χ0n) is 23.3. The van der Waals surface area contributed by atoms with Crippen molar-refractivity contribution in [3.05, 3.63) is 109 Å². The Balaban J connectivity index is -0.0000000735. The van der Waals surface area contributed by atoms with E-state index in [1.165, 1.54) is 0 Å². The first-order chi connectivity index (χ1) is 18.5. The first-order valence-electron chi connectivity index (χ1n) is 10.9. The summed E-state index contributed by atoms with van der Waals surface area (Å²) in [6, 6.07) is 0. The van der Waals surface area contributed by atoms with Crippen molar-refractivity contribution in [1.82, 2.24) is 0 Å². The van der Waals surface area contributed by atoms with Gasteiger partial charge in [0.05, 0.1) is 17.9 Å². The van der Waals surface area contributed by atoms with E-state index in [1.807, 2.05) is 77.6 Å². The molecule has 0 saturated heterocycles.